The first-order valence-corrected chi connectivity index (χ1v) is 4.62. The van der Waals surface area contributed by atoms with E-state index in [0.717, 1.165) is 4.90 Å². The molecule has 1 saturated heterocycles. The van der Waals surface area contributed by atoms with Gasteiger partial charge in [0.25, 0.3) is 0 Å². The molecule has 1 amide bonds. The van der Waals surface area contributed by atoms with Gasteiger partial charge in [-0.2, -0.15) is 0 Å². The summed E-state index contributed by atoms with van der Waals surface area (Å²) in [7, 11) is 1.18. The minimum Gasteiger partial charge on any atom is -0.509 e. The molecule has 0 aromatic carbocycles. The quantitative estimate of drug-likeness (QED) is 0.601. The maximum atomic E-state index is 11.3. The van der Waals surface area contributed by atoms with Crippen LogP contribution in [0.2, 0.25) is 0 Å². The number of carboxylic acid groups (broad SMARTS) is 1. The Morgan fingerprint density at radius 2 is 2.12 bits per heavy atom. The summed E-state index contributed by atoms with van der Waals surface area (Å²) in [6.45, 7) is -0.0472. The first-order valence-electron chi connectivity index (χ1n) is 4.62. The molecule has 0 radical (unpaired) electrons. The predicted octanol–water partition coefficient (Wildman–Crippen LogP) is -0.266. The van der Waals surface area contributed by atoms with Crippen molar-refractivity contribution in [3.63, 3.8) is 0 Å². The van der Waals surface area contributed by atoms with E-state index < -0.39 is 17.6 Å². The summed E-state index contributed by atoms with van der Waals surface area (Å²) < 4.78 is 9.40. The van der Waals surface area contributed by atoms with Crippen LogP contribution in [0.3, 0.4) is 0 Å². The Morgan fingerprint density at radius 1 is 1.50 bits per heavy atom. The molecule has 88 valence electrons. The Labute approximate surface area is 90.9 Å². The summed E-state index contributed by atoms with van der Waals surface area (Å²) in [6.07, 6.45) is -1.20. The highest BCUT2D eigenvalue weighted by molar-refractivity contribution is 5.92. The van der Waals surface area contributed by atoms with Gasteiger partial charge in [0.1, 0.15) is 5.76 Å². The van der Waals surface area contributed by atoms with Crippen LogP contribution in [0, 0.1) is 0 Å². The monoisotopic (exact) mass is 229 g/mol. The zero-order valence-corrected chi connectivity index (χ0v) is 8.60. The minimum atomic E-state index is -1.20. The highest BCUT2D eigenvalue weighted by Gasteiger charge is 2.57. The van der Waals surface area contributed by atoms with E-state index in [9.17, 15) is 14.7 Å². The van der Waals surface area contributed by atoms with Crippen LogP contribution in [0.1, 0.15) is 0 Å². The van der Waals surface area contributed by atoms with Crippen LogP contribution < -0.4 is 0 Å². The average Bonchev–Trinajstić information content (AvgIpc) is 2.50. The number of esters is 1. The molecule has 0 bridgehead atoms. The van der Waals surface area contributed by atoms with Gasteiger partial charge in [0, 0.05) is 0 Å². The van der Waals surface area contributed by atoms with E-state index in [1.165, 1.54) is 7.11 Å². The molecule has 2 aliphatic heterocycles. The Bertz CT molecular complexity index is 383. The number of rotatable bonds is 1. The Morgan fingerprint density at radius 3 is 2.44 bits per heavy atom. The molecule has 2 N–H and O–H groups in total. The summed E-state index contributed by atoms with van der Waals surface area (Å²) in [4.78, 5) is 23.3. The fourth-order valence-corrected chi connectivity index (χ4v) is 1.92. The average molecular weight is 229 g/mol. The summed E-state index contributed by atoms with van der Waals surface area (Å²) in [6, 6.07) is 0. The standard InChI is InChI=1S/C9H11NO6/c1-15-7(12)5-2-10(8(13)14)9(6(5)11)3-16-4-9/h11H,2-4H2,1H3,(H,13,14). The molecule has 0 aliphatic carbocycles. The predicted molar refractivity (Wildman–Crippen MR) is 50.0 cm³/mol. The van der Waals surface area contributed by atoms with Crippen LogP contribution in [0.4, 0.5) is 4.79 Å². The second-order valence-corrected chi connectivity index (χ2v) is 3.71. The first kappa shape index (κ1) is 10.7. The van der Waals surface area contributed by atoms with Gasteiger partial charge in [-0.05, 0) is 0 Å². The minimum absolute atomic E-state index is 0.0202. The number of hydrogen-bond acceptors (Lipinski definition) is 5. The third-order valence-corrected chi connectivity index (χ3v) is 2.90. The maximum Gasteiger partial charge on any atom is 0.408 e. The van der Waals surface area contributed by atoms with Crippen molar-refractivity contribution in [1.82, 2.24) is 4.90 Å². The molecule has 1 fully saturated rings. The second-order valence-electron chi connectivity index (χ2n) is 3.71. The summed E-state index contributed by atoms with van der Waals surface area (Å²) in [5.74, 6) is -0.972. The summed E-state index contributed by atoms with van der Waals surface area (Å²) in [5, 5.41) is 18.9. The molecule has 16 heavy (non-hydrogen) atoms. The molecule has 0 saturated carbocycles. The molecule has 0 unspecified atom stereocenters. The number of methoxy groups -OCH3 is 1. The van der Waals surface area contributed by atoms with Crippen LogP contribution in [0.15, 0.2) is 11.3 Å². The highest BCUT2D eigenvalue weighted by atomic mass is 16.5. The second kappa shape index (κ2) is 3.38. The maximum absolute atomic E-state index is 11.3. The van der Waals surface area contributed by atoms with Crippen molar-refractivity contribution in [3.8, 4) is 0 Å². The lowest BCUT2D eigenvalue weighted by atomic mass is 9.94. The smallest absolute Gasteiger partial charge is 0.408 e. The number of ether oxygens (including phenoxy) is 2. The number of nitrogens with zero attached hydrogens (tertiary/aromatic N) is 1. The molecule has 0 aromatic heterocycles. The largest absolute Gasteiger partial charge is 0.509 e. The summed E-state index contributed by atoms with van der Waals surface area (Å²) in [5.41, 5.74) is -1.11. The van der Waals surface area contributed by atoms with Crippen molar-refractivity contribution >= 4 is 12.1 Å². The van der Waals surface area contributed by atoms with Crippen molar-refractivity contribution < 1.29 is 29.3 Å². The van der Waals surface area contributed by atoms with Crippen molar-refractivity contribution in [2.75, 3.05) is 26.9 Å². The molecule has 2 aliphatic rings. The molecular weight excluding hydrogens is 218 g/mol. The zero-order valence-electron chi connectivity index (χ0n) is 8.60. The molecular formula is C9H11NO6. The summed E-state index contributed by atoms with van der Waals surface area (Å²) >= 11 is 0. The molecule has 7 heteroatoms. The lowest BCUT2D eigenvalue weighted by molar-refractivity contribution is -0.136. The fraction of sp³-hybridized carbons (Fsp3) is 0.556. The number of aliphatic hydroxyl groups is 1. The molecule has 2 rings (SSSR count). The van der Waals surface area contributed by atoms with Crippen molar-refractivity contribution in [2.24, 2.45) is 0 Å². The van der Waals surface area contributed by atoms with Gasteiger partial charge in [0.2, 0.25) is 0 Å². The SMILES string of the molecule is COC(=O)C1=C(O)C2(COC2)N(C(=O)O)C1. The van der Waals surface area contributed by atoms with Crippen molar-refractivity contribution in [2.45, 2.75) is 5.54 Å². The van der Waals surface area contributed by atoms with Crippen molar-refractivity contribution in [1.29, 1.82) is 0 Å². The van der Waals surface area contributed by atoms with Gasteiger partial charge in [-0.1, -0.05) is 0 Å². The first-order chi connectivity index (χ1) is 7.53. The van der Waals surface area contributed by atoms with E-state index in [1.54, 1.807) is 0 Å². The van der Waals surface area contributed by atoms with Crippen LogP contribution in [-0.4, -0.2) is 59.6 Å². The van der Waals surface area contributed by atoms with Gasteiger partial charge in [0.05, 0.1) is 32.4 Å². The van der Waals surface area contributed by atoms with Crippen LogP contribution in [0.5, 0.6) is 0 Å². The van der Waals surface area contributed by atoms with Gasteiger partial charge >= 0.3 is 12.1 Å². The highest BCUT2D eigenvalue weighted by Crippen LogP contribution is 2.39. The normalized spacial score (nSPS) is 22.2. The zero-order chi connectivity index (χ0) is 11.9. The number of aliphatic hydroxyl groups excluding tert-OH is 1. The number of carbonyl (C=O) groups is 2. The lowest BCUT2D eigenvalue weighted by Crippen LogP contribution is -2.62. The third kappa shape index (κ3) is 1.18. The van der Waals surface area contributed by atoms with E-state index in [1.807, 2.05) is 0 Å². The van der Waals surface area contributed by atoms with E-state index in [2.05, 4.69) is 4.74 Å². The van der Waals surface area contributed by atoms with Crippen molar-refractivity contribution in [3.05, 3.63) is 11.3 Å². The van der Waals surface area contributed by atoms with E-state index >= 15 is 0 Å². The van der Waals surface area contributed by atoms with Gasteiger partial charge in [-0.15, -0.1) is 0 Å². The number of hydrogen-bond donors (Lipinski definition) is 2. The van der Waals surface area contributed by atoms with Gasteiger partial charge in [0.15, 0.2) is 5.54 Å². The number of amides is 1. The van der Waals surface area contributed by atoms with Gasteiger partial charge in [-0.25, -0.2) is 9.59 Å². The molecule has 0 aromatic rings. The van der Waals surface area contributed by atoms with Gasteiger partial charge < -0.3 is 19.7 Å². The van der Waals surface area contributed by atoms with E-state index in [0.29, 0.717) is 0 Å². The molecule has 2 heterocycles. The van der Waals surface area contributed by atoms with Crippen LogP contribution >= 0.6 is 0 Å². The molecule has 1 spiro atoms. The van der Waals surface area contributed by atoms with E-state index in [4.69, 9.17) is 9.84 Å². The third-order valence-electron chi connectivity index (χ3n) is 2.90. The number of carbonyl (C=O) groups excluding carboxylic acids is 1. The molecule has 0 atom stereocenters. The Balaban J connectivity index is 2.36. The Kier molecular flexibility index (Phi) is 2.27. The topological polar surface area (TPSA) is 96.3 Å². The van der Waals surface area contributed by atoms with Crippen LogP contribution in [0.25, 0.3) is 0 Å². The fourth-order valence-electron chi connectivity index (χ4n) is 1.92. The van der Waals surface area contributed by atoms with Gasteiger partial charge in [-0.3, -0.25) is 4.90 Å². The molecule has 7 nitrogen and oxygen atoms in total. The van der Waals surface area contributed by atoms with Crippen LogP contribution in [-0.2, 0) is 14.3 Å². The van der Waals surface area contributed by atoms with E-state index in [-0.39, 0.29) is 31.1 Å². The lowest BCUT2D eigenvalue weighted by Gasteiger charge is -2.43. The Hall–Kier alpha value is -1.76.